The van der Waals surface area contributed by atoms with E-state index in [0.717, 1.165) is 27.4 Å². The Morgan fingerprint density at radius 2 is 1.89 bits per heavy atom. The predicted octanol–water partition coefficient (Wildman–Crippen LogP) is 4.08. The molecule has 0 saturated carbocycles. The van der Waals surface area contributed by atoms with Crippen molar-refractivity contribution in [3.8, 4) is 28.4 Å². The van der Waals surface area contributed by atoms with Crippen molar-refractivity contribution in [2.45, 2.75) is 6.61 Å². The highest BCUT2D eigenvalue weighted by Gasteiger charge is 2.29. The fraction of sp³-hybridized carbons (Fsp3) is 0.0952. The van der Waals surface area contributed by atoms with Crippen LogP contribution in [0.2, 0.25) is 0 Å². The van der Waals surface area contributed by atoms with Crippen LogP contribution >= 0.6 is 0 Å². The lowest BCUT2D eigenvalue weighted by molar-refractivity contribution is 0.0535. The van der Waals surface area contributed by atoms with Gasteiger partial charge in [0.25, 0.3) is 0 Å². The van der Waals surface area contributed by atoms with E-state index in [2.05, 4.69) is 4.98 Å². The second-order valence-electron chi connectivity index (χ2n) is 6.50. The molecule has 0 unspecified atom stereocenters. The van der Waals surface area contributed by atoms with Crippen molar-refractivity contribution in [3.05, 3.63) is 53.6 Å². The molecule has 2 heterocycles. The third-order valence-corrected chi connectivity index (χ3v) is 5.01. The molecule has 1 aliphatic rings. The van der Waals surface area contributed by atoms with Gasteiger partial charge in [-0.1, -0.05) is 18.2 Å². The SMILES string of the molecule is COc1cc(-c2c3c(cc4c2[nH]c2ccccc24)COC3=O)cc(O)c1O. The molecule has 1 aliphatic heterocycles. The summed E-state index contributed by atoms with van der Waals surface area (Å²) in [5, 5.41) is 22.1. The molecule has 0 fully saturated rings. The van der Waals surface area contributed by atoms with E-state index >= 15 is 0 Å². The Labute approximate surface area is 153 Å². The summed E-state index contributed by atoms with van der Waals surface area (Å²) in [5.74, 6) is -0.952. The minimum absolute atomic E-state index is 0.123. The molecule has 0 amide bonds. The number of para-hydroxylation sites is 1. The van der Waals surface area contributed by atoms with Crippen molar-refractivity contribution in [3.63, 3.8) is 0 Å². The molecule has 6 nitrogen and oxygen atoms in total. The number of hydrogen-bond donors (Lipinski definition) is 3. The van der Waals surface area contributed by atoms with Crippen LogP contribution in [0.1, 0.15) is 15.9 Å². The lowest BCUT2D eigenvalue weighted by Gasteiger charge is -2.12. The molecule has 5 rings (SSSR count). The summed E-state index contributed by atoms with van der Waals surface area (Å²) in [4.78, 5) is 15.8. The lowest BCUT2D eigenvalue weighted by atomic mass is 9.93. The predicted molar refractivity (Wildman–Crippen MR) is 100 cm³/mol. The van der Waals surface area contributed by atoms with Gasteiger partial charge in [-0.15, -0.1) is 0 Å². The van der Waals surface area contributed by atoms with Gasteiger partial charge in [-0.2, -0.15) is 0 Å². The Morgan fingerprint density at radius 3 is 2.70 bits per heavy atom. The molecule has 0 spiro atoms. The number of benzene rings is 3. The van der Waals surface area contributed by atoms with Crippen LogP contribution in [0.15, 0.2) is 42.5 Å². The quantitative estimate of drug-likeness (QED) is 0.370. The summed E-state index contributed by atoms with van der Waals surface area (Å²) in [7, 11) is 1.40. The number of esters is 1. The molecule has 27 heavy (non-hydrogen) atoms. The molecule has 0 radical (unpaired) electrons. The molecular weight excluding hydrogens is 346 g/mol. The zero-order chi connectivity index (χ0) is 18.7. The Bertz CT molecular complexity index is 1250. The Kier molecular flexibility index (Phi) is 3.12. The van der Waals surface area contributed by atoms with Gasteiger partial charge < -0.3 is 24.7 Å². The maximum atomic E-state index is 12.4. The highest BCUT2D eigenvalue weighted by Crippen LogP contribution is 2.45. The highest BCUT2D eigenvalue weighted by molar-refractivity contribution is 6.17. The van der Waals surface area contributed by atoms with E-state index in [1.807, 2.05) is 30.3 Å². The Morgan fingerprint density at radius 1 is 1.07 bits per heavy atom. The maximum Gasteiger partial charge on any atom is 0.339 e. The van der Waals surface area contributed by atoms with Crippen LogP contribution < -0.4 is 4.74 Å². The number of methoxy groups -OCH3 is 1. The summed E-state index contributed by atoms with van der Waals surface area (Å²) < 4.78 is 10.4. The van der Waals surface area contributed by atoms with Gasteiger partial charge in [0, 0.05) is 27.4 Å². The van der Waals surface area contributed by atoms with E-state index < -0.39 is 5.97 Å². The van der Waals surface area contributed by atoms with Gasteiger partial charge in [0.05, 0.1) is 18.2 Å². The molecule has 0 atom stereocenters. The monoisotopic (exact) mass is 361 g/mol. The Hall–Kier alpha value is -3.67. The van der Waals surface area contributed by atoms with Crippen LogP contribution in [-0.2, 0) is 11.3 Å². The summed E-state index contributed by atoms with van der Waals surface area (Å²) >= 11 is 0. The Balaban J connectivity index is 1.95. The van der Waals surface area contributed by atoms with Gasteiger partial charge in [0.2, 0.25) is 5.75 Å². The maximum absolute atomic E-state index is 12.4. The zero-order valence-electron chi connectivity index (χ0n) is 14.4. The number of cyclic esters (lactones) is 1. The first-order chi connectivity index (χ1) is 13.1. The number of ether oxygens (including phenoxy) is 2. The average Bonchev–Trinajstić information content (AvgIpc) is 3.23. The van der Waals surface area contributed by atoms with Gasteiger partial charge in [-0.25, -0.2) is 4.79 Å². The van der Waals surface area contributed by atoms with Crippen LogP contribution in [0.3, 0.4) is 0 Å². The number of aromatic nitrogens is 1. The van der Waals surface area contributed by atoms with Crippen molar-refractivity contribution in [2.75, 3.05) is 7.11 Å². The molecule has 6 heteroatoms. The first-order valence-corrected chi connectivity index (χ1v) is 8.42. The van der Waals surface area contributed by atoms with E-state index in [0.29, 0.717) is 16.7 Å². The third kappa shape index (κ3) is 2.10. The molecule has 134 valence electrons. The number of carbonyl (C=O) groups excluding carboxylic acids is 1. The number of hydrogen-bond acceptors (Lipinski definition) is 5. The zero-order valence-corrected chi connectivity index (χ0v) is 14.4. The second kappa shape index (κ2) is 5.41. The van der Waals surface area contributed by atoms with Crippen LogP contribution in [0.4, 0.5) is 0 Å². The summed E-state index contributed by atoms with van der Waals surface area (Å²) in [6.07, 6.45) is 0. The third-order valence-electron chi connectivity index (χ3n) is 5.01. The van der Waals surface area contributed by atoms with E-state index in [1.54, 1.807) is 6.07 Å². The molecule has 4 aromatic rings. The fourth-order valence-corrected chi connectivity index (χ4v) is 3.79. The lowest BCUT2D eigenvalue weighted by Crippen LogP contribution is -1.99. The molecule has 0 aliphatic carbocycles. The largest absolute Gasteiger partial charge is 0.504 e. The minimum atomic E-state index is -0.410. The number of carbonyl (C=O) groups is 1. The number of aromatic amines is 1. The van der Waals surface area contributed by atoms with Gasteiger partial charge in [0.1, 0.15) is 6.61 Å². The van der Waals surface area contributed by atoms with Crippen molar-refractivity contribution in [2.24, 2.45) is 0 Å². The average molecular weight is 361 g/mol. The van der Waals surface area contributed by atoms with Gasteiger partial charge in [-0.3, -0.25) is 0 Å². The number of phenols is 2. The molecule has 1 aromatic heterocycles. The van der Waals surface area contributed by atoms with Crippen LogP contribution in [0.25, 0.3) is 32.9 Å². The van der Waals surface area contributed by atoms with E-state index in [-0.39, 0.29) is 23.9 Å². The summed E-state index contributed by atoms with van der Waals surface area (Å²) in [6.45, 7) is 0.206. The summed E-state index contributed by atoms with van der Waals surface area (Å²) in [6, 6.07) is 12.9. The molecule has 3 aromatic carbocycles. The number of aromatic hydroxyl groups is 2. The normalized spacial score (nSPS) is 13.1. The fourth-order valence-electron chi connectivity index (χ4n) is 3.79. The number of rotatable bonds is 2. The first kappa shape index (κ1) is 15.6. The van der Waals surface area contributed by atoms with Crippen molar-refractivity contribution < 1.29 is 24.5 Å². The van der Waals surface area contributed by atoms with Crippen molar-refractivity contribution in [1.29, 1.82) is 0 Å². The molecule has 0 saturated heterocycles. The first-order valence-electron chi connectivity index (χ1n) is 8.42. The van der Waals surface area contributed by atoms with E-state index in [1.165, 1.54) is 13.2 Å². The van der Waals surface area contributed by atoms with Crippen LogP contribution in [0.5, 0.6) is 17.2 Å². The molecule has 0 bridgehead atoms. The van der Waals surface area contributed by atoms with Gasteiger partial charge in [0.15, 0.2) is 11.5 Å². The van der Waals surface area contributed by atoms with Crippen molar-refractivity contribution in [1.82, 2.24) is 4.98 Å². The van der Waals surface area contributed by atoms with Crippen LogP contribution in [0, 0.1) is 0 Å². The molecule has 3 N–H and O–H groups in total. The van der Waals surface area contributed by atoms with Gasteiger partial charge in [-0.05, 0) is 29.8 Å². The van der Waals surface area contributed by atoms with Crippen molar-refractivity contribution >= 4 is 27.8 Å². The second-order valence-corrected chi connectivity index (χ2v) is 6.50. The standard InChI is InChI=1S/C21H15NO5/c1-26-16-8-10(7-15(23)20(16)24)17-18-11(9-27-21(18)25)6-13-12-4-2-3-5-14(12)22-19(13)17/h2-8,22-24H,9H2,1H3. The van der Waals surface area contributed by atoms with Gasteiger partial charge >= 0.3 is 5.97 Å². The topological polar surface area (TPSA) is 91.8 Å². The molecular formula is C21H15NO5. The minimum Gasteiger partial charge on any atom is -0.504 e. The van der Waals surface area contributed by atoms with Crippen LogP contribution in [-0.4, -0.2) is 28.3 Å². The number of nitrogens with one attached hydrogen (secondary N) is 1. The number of fused-ring (bicyclic) bond motifs is 4. The van der Waals surface area contributed by atoms with E-state index in [4.69, 9.17) is 9.47 Å². The number of phenolic OH excluding ortho intramolecular Hbond substituents is 2. The summed E-state index contributed by atoms with van der Waals surface area (Å²) in [5.41, 5.74) is 4.13. The van der Waals surface area contributed by atoms with E-state index in [9.17, 15) is 15.0 Å². The number of H-pyrrole nitrogens is 1. The smallest absolute Gasteiger partial charge is 0.339 e. The highest BCUT2D eigenvalue weighted by atomic mass is 16.5.